The summed E-state index contributed by atoms with van der Waals surface area (Å²) < 4.78 is 12.7. The van der Waals surface area contributed by atoms with Crippen molar-refractivity contribution < 1.29 is 9.47 Å². The van der Waals surface area contributed by atoms with Crippen molar-refractivity contribution >= 4 is 10.9 Å². The summed E-state index contributed by atoms with van der Waals surface area (Å²) in [6.45, 7) is 5.91. The number of para-hydroxylation sites is 1. The number of rotatable bonds is 8. The van der Waals surface area contributed by atoms with E-state index in [-0.39, 0.29) is 5.56 Å². The van der Waals surface area contributed by atoms with Gasteiger partial charge in [-0.25, -0.2) is 4.98 Å². The summed E-state index contributed by atoms with van der Waals surface area (Å²) in [6, 6.07) is 22.9. The first-order valence-electron chi connectivity index (χ1n) is 12.6. The Bertz CT molecular complexity index is 1420. The molecule has 6 heteroatoms. The molecule has 0 amide bonds. The van der Waals surface area contributed by atoms with Gasteiger partial charge < -0.3 is 9.47 Å². The van der Waals surface area contributed by atoms with Crippen molar-refractivity contribution in [2.75, 3.05) is 20.8 Å². The lowest BCUT2D eigenvalue weighted by Gasteiger charge is -2.27. The normalized spacial score (nSPS) is 17.3. The highest BCUT2D eigenvalue weighted by Crippen LogP contribution is 2.41. The average molecular weight is 484 g/mol. The van der Waals surface area contributed by atoms with Gasteiger partial charge in [-0.3, -0.25) is 14.3 Å². The zero-order valence-corrected chi connectivity index (χ0v) is 21.4. The Morgan fingerprint density at radius 1 is 0.806 bits per heavy atom. The van der Waals surface area contributed by atoms with Crippen molar-refractivity contribution in [3.05, 3.63) is 99.6 Å². The van der Waals surface area contributed by atoms with Crippen LogP contribution in [-0.4, -0.2) is 35.2 Å². The van der Waals surface area contributed by atoms with Crippen LogP contribution in [0.4, 0.5) is 0 Å². The number of aromatic nitrogens is 2. The average Bonchev–Trinajstić information content (AvgIpc) is 3.16. The highest BCUT2D eigenvalue weighted by molar-refractivity contribution is 5.77. The zero-order chi connectivity index (χ0) is 25.2. The van der Waals surface area contributed by atoms with Gasteiger partial charge in [0.15, 0.2) is 11.5 Å². The lowest BCUT2D eigenvalue weighted by Crippen LogP contribution is -2.31. The van der Waals surface area contributed by atoms with E-state index in [1.165, 1.54) is 11.1 Å². The SMILES string of the molecule is COc1ccc(CCn2c(CCN3C(C)c4ccccc4C3C)nc3ccccc3c2=O)cc1OC. The van der Waals surface area contributed by atoms with Crippen LogP contribution in [0.15, 0.2) is 71.5 Å². The van der Waals surface area contributed by atoms with Gasteiger partial charge in [0.25, 0.3) is 5.56 Å². The molecule has 3 aromatic carbocycles. The van der Waals surface area contributed by atoms with Crippen molar-refractivity contribution in [1.82, 2.24) is 14.5 Å². The second-order valence-corrected chi connectivity index (χ2v) is 9.41. The summed E-state index contributed by atoms with van der Waals surface area (Å²) in [5, 5.41) is 0.656. The fourth-order valence-electron chi connectivity index (χ4n) is 5.49. The third kappa shape index (κ3) is 4.37. The maximum Gasteiger partial charge on any atom is 0.261 e. The van der Waals surface area contributed by atoms with Gasteiger partial charge >= 0.3 is 0 Å². The first-order valence-corrected chi connectivity index (χ1v) is 12.6. The van der Waals surface area contributed by atoms with E-state index in [0.717, 1.165) is 23.4 Å². The topological polar surface area (TPSA) is 56.6 Å². The van der Waals surface area contributed by atoms with Crippen molar-refractivity contribution in [3.63, 3.8) is 0 Å². The molecular formula is C30H33N3O3. The first kappa shape index (κ1) is 24.1. The number of methoxy groups -OCH3 is 2. The fraction of sp³-hybridized carbons (Fsp3) is 0.333. The minimum Gasteiger partial charge on any atom is -0.493 e. The number of hydrogen-bond donors (Lipinski definition) is 0. The van der Waals surface area contributed by atoms with Crippen LogP contribution < -0.4 is 15.0 Å². The maximum absolute atomic E-state index is 13.6. The van der Waals surface area contributed by atoms with Gasteiger partial charge in [0.1, 0.15) is 5.82 Å². The van der Waals surface area contributed by atoms with Crippen LogP contribution in [0.1, 0.15) is 48.4 Å². The number of nitrogens with zero attached hydrogens (tertiary/aromatic N) is 3. The summed E-state index contributed by atoms with van der Waals surface area (Å²) in [5.74, 6) is 2.21. The molecule has 0 saturated carbocycles. The molecule has 6 nitrogen and oxygen atoms in total. The third-order valence-electron chi connectivity index (χ3n) is 7.50. The zero-order valence-electron chi connectivity index (χ0n) is 21.4. The first-order chi connectivity index (χ1) is 17.5. The minimum atomic E-state index is 0.0156. The van der Waals surface area contributed by atoms with Crippen LogP contribution >= 0.6 is 0 Å². The Morgan fingerprint density at radius 2 is 1.47 bits per heavy atom. The molecule has 36 heavy (non-hydrogen) atoms. The van der Waals surface area contributed by atoms with Crippen molar-refractivity contribution in [1.29, 1.82) is 0 Å². The second kappa shape index (κ2) is 10.2. The van der Waals surface area contributed by atoms with Gasteiger partial charge in [-0.2, -0.15) is 0 Å². The summed E-state index contributed by atoms with van der Waals surface area (Å²) in [6.07, 6.45) is 1.39. The molecular weight excluding hydrogens is 450 g/mol. The number of fused-ring (bicyclic) bond motifs is 2. The van der Waals surface area contributed by atoms with Gasteiger partial charge in [0.2, 0.25) is 0 Å². The van der Waals surface area contributed by atoms with Crippen LogP contribution in [0.2, 0.25) is 0 Å². The number of hydrogen-bond acceptors (Lipinski definition) is 5. The Kier molecular flexibility index (Phi) is 6.79. The summed E-state index contributed by atoms with van der Waals surface area (Å²) in [4.78, 5) is 21.0. The van der Waals surface area contributed by atoms with Crippen LogP contribution in [0.25, 0.3) is 10.9 Å². The van der Waals surface area contributed by atoms with Gasteiger partial charge in [-0.15, -0.1) is 0 Å². The highest BCUT2D eigenvalue weighted by Gasteiger charge is 2.32. The van der Waals surface area contributed by atoms with Crippen molar-refractivity contribution in [2.24, 2.45) is 0 Å². The van der Waals surface area contributed by atoms with Gasteiger partial charge in [-0.1, -0.05) is 42.5 Å². The van der Waals surface area contributed by atoms with Crippen LogP contribution in [0.5, 0.6) is 11.5 Å². The lowest BCUT2D eigenvalue weighted by atomic mass is 10.0. The fourth-order valence-corrected chi connectivity index (χ4v) is 5.49. The number of ether oxygens (including phenoxy) is 2. The molecule has 0 saturated heterocycles. The molecule has 0 spiro atoms. The summed E-state index contributed by atoms with van der Waals surface area (Å²) in [7, 11) is 3.26. The van der Waals surface area contributed by atoms with Crippen LogP contribution in [-0.2, 0) is 19.4 Å². The molecule has 2 atom stereocenters. The second-order valence-electron chi connectivity index (χ2n) is 9.41. The van der Waals surface area contributed by atoms with E-state index < -0.39 is 0 Å². The molecule has 0 fully saturated rings. The standard InChI is InChI=1S/C30H33N3O3/c1-20-23-9-5-6-10-24(23)21(2)32(20)18-16-29-31-26-12-8-7-11-25(26)30(34)33(29)17-15-22-13-14-27(35-3)28(19-22)36-4/h5-14,19-21H,15-18H2,1-4H3. The Hall–Kier alpha value is -3.64. The summed E-state index contributed by atoms with van der Waals surface area (Å²) in [5.41, 5.74) is 4.63. The van der Waals surface area contributed by atoms with Crippen molar-refractivity contribution in [3.8, 4) is 11.5 Å². The van der Waals surface area contributed by atoms with E-state index in [1.54, 1.807) is 14.2 Å². The molecule has 2 unspecified atom stereocenters. The maximum atomic E-state index is 13.6. The Labute approximate surface area is 212 Å². The van der Waals surface area contributed by atoms with Crippen LogP contribution in [0.3, 0.4) is 0 Å². The van der Waals surface area contributed by atoms with Gasteiger partial charge in [0, 0.05) is 31.6 Å². The van der Waals surface area contributed by atoms with Gasteiger partial charge in [-0.05, 0) is 61.2 Å². The van der Waals surface area contributed by atoms with Gasteiger partial charge in [0.05, 0.1) is 25.1 Å². The molecule has 2 heterocycles. The molecule has 1 aliphatic rings. The monoisotopic (exact) mass is 483 g/mol. The lowest BCUT2D eigenvalue weighted by molar-refractivity contribution is 0.183. The molecule has 0 aliphatic carbocycles. The van der Waals surface area contributed by atoms with E-state index in [9.17, 15) is 4.79 Å². The third-order valence-corrected chi connectivity index (χ3v) is 7.50. The molecule has 0 radical (unpaired) electrons. The molecule has 0 bridgehead atoms. The summed E-state index contributed by atoms with van der Waals surface area (Å²) >= 11 is 0. The smallest absolute Gasteiger partial charge is 0.261 e. The Balaban J connectivity index is 1.43. The minimum absolute atomic E-state index is 0.0156. The molecule has 1 aliphatic heterocycles. The van der Waals surface area contributed by atoms with E-state index in [4.69, 9.17) is 14.5 Å². The van der Waals surface area contributed by atoms with Crippen molar-refractivity contribution in [2.45, 2.75) is 45.3 Å². The van der Waals surface area contributed by atoms with E-state index in [1.807, 2.05) is 47.0 Å². The Morgan fingerprint density at radius 3 is 2.17 bits per heavy atom. The molecule has 1 aromatic heterocycles. The molecule has 186 valence electrons. The molecule has 0 N–H and O–H groups in total. The highest BCUT2D eigenvalue weighted by atomic mass is 16.5. The number of aryl methyl sites for hydroxylation is 1. The van der Waals surface area contributed by atoms with Crippen LogP contribution in [0, 0.1) is 0 Å². The quantitative estimate of drug-likeness (QED) is 0.339. The van der Waals surface area contributed by atoms with E-state index in [0.29, 0.717) is 48.4 Å². The predicted octanol–water partition coefficient (Wildman–Crippen LogP) is 5.34. The predicted molar refractivity (Wildman–Crippen MR) is 143 cm³/mol. The molecule has 4 aromatic rings. The number of benzene rings is 3. The molecule has 5 rings (SSSR count). The van der Waals surface area contributed by atoms with E-state index >= 15 is 0 Å². The van der Waals surface area contributed by atoms with E-state index in [2.05, 4.69) is 43.0 Å². The largest absolute Gasteiger partial charge is 0.493 e.